The van der Waals surface area contributed by atoms with Crippen LogP contribution >= 0.6 is 0 Å². The summed E-state index contributed by atoms with van der Waals surface area (Å²) in [6.07, 6.45) is 2.09. The van der Waals surface area contributed by atoms with Crippen molar-refractivity contribution in [3.63, 3.8) is 0 Å². The van der Waals surface area contributed by atoms with E-state index in [9.17, 15) is 4.79 Å². The van der Waals surface area contributed by atoms with Gasteiger partial charge in [-0.15, -0.1) is 0 Å². The Balaban J connectivity index is 2.10. The molecule has 0 aromatic heterocycles. The van der Waals surface area contributed by atoms with Crippen molar-refractivity contribution in [2.75, 3.05) is 13.1 Å². The molecule has 0 spiro atoms. The predicted octanol–water partition coefficient (Wildman–Crippen LogP) is 2.04. The Labute approximate surface area is 114 Å². The fourth-order valence-electron chi connectivity index (χ4n) is 2.35. The van der Waals surface area contributed by atoms with Crippen molar-refractivity contribution in [2.24, 2.45) is 5.73 Å². The summed E-state index contributed by atoms with van der Waals surface area (Å²) >= 11 is 0. The number of amides is 1. The van der Waals surface area contributed by atoms with Crippen LogP contribution in [0.3, 0.4) is 0 Å². The van der Waals surface area contributed by atoms with Gasteiger partial charge in [-0.1, -0.05) is 6.07 Å². The Kier molecular flexibility index (Phi) is 4.43. The van der Waals surface area contributed by atoms with E-state index in [-0.39, 0.29) is 18.1 Å². The maximum absolute atomic E-state index is 12.4. The van der Waals surface area contributed by atoms with Crippen molar-refractivity contribution in [3.05, 3.63) is 29.8 Å². The molecule has 0 saturated carbocycles. The molecule has 4 nitrogen and oxygen atoms in total. The molecule has 2 N–H and O–H groups in total. The minimum atomic E-state index is 0.0457. The summed E-state index contributed by atoms with van der Waals surface area (Å²) in [5.74, 6) is 0.784. The molecule has 0 bridgehead atoms. The Hall–Kier alpha value is -1.55. The smallest absolute Gasteiger partial charge is 0.254 e. The van der Waals surface area contributed by atoms with Crippen molar-refractivity contribution in [3.8, 4) is 5.75 Å². The van der Waals surface area contributed by atoms with Gasteiger partial charge in [0, 0.05) is 24.7 Å². The third-order valence-corrected chi connectivity index (χ3v) is 3.20. The maximum atomic E-state index is 12.4. The van der Waals surface area contributed by atoms with Gasteiger partial charge in [-0.2, -0.15) is 0 Å². The zero-order valence-corrected chi connectivity index (χ0v) is 11.6. The highest BCUT2D eigenvalue weighted by Gasteiger charge is 2.22. The SMILES string of the molecule is CC(C)Oc1cccc(C(=O)N2CCC[C@@H](N)C2)c1. The second kappa shape index (κ2) is 6.06. The van der Waals surface area contributed by atoms with E-state index in [0.717, 1.165) is 25.1 Å². The van der Waals surface area contributed by atoms with Gasteiger partial charge in [0.15, 0.2) is 0 Å². The molecule has 1 fully saturated rings. The summed E-state index contributed by atoms with van der Waals surface area (Å²) in [5, 5.41) is 0. The predicted molar refractivity (Wildman–Crippen MR) is 75.3 cm³/mol. The van der Waals surface area contributed by atoms with Crippen LogP contribution < -0.4 is 10.5 Å². The fraction of sp³-hybridized carbons (Fsp3) is 0.533. The van der Waals surface area contributed by atoms with E-state index in [2.05, 4.69) is 0 Å². The lowest BCUT2D eigenvalue weighted by atomic mass is 10.1. The van der Waals surface area contributed by atoms with Crippen LogP contribution in [0.15, 0.2) is 24.3 Å². The Bertz CT molecular complexity index is 446. The van der Waals surface area contributed by atoms with Crippen LogP contribution in [0.25, 0.3) is 0 Å². The first kappa shape index (κ1) is 13.9. The van der Waals surface area contributed by atoms with Gasteiger partial charge in [0.05, 0.1) is 6.10 Å². The second-order valence-electron chi connectivity index (χ2n) is 5.35. The minimum absolute atomic E-state index is 0.0457. The topological polar surface area (TPSA) is 55.6 Å². The van der Waals surface area contributed by atoms with Crippen LogP contribution in [0, 0.1) is 0 Å². The highest BCUT2D eigenvalue weighted by Crippen LogP contribution is 2.18. The Morgan fingerprint density at radius 2 is 2.26 bits per heavy atom. The minimum Gasteiger partial charge on any atom is -0.491 e. The van der Waals surface area contributed by atoms with Crippen LogP contribution in [0.5, 0.6) is 5.75 Å². The highest BCUT2D eigenvalue weighted by atomic mass is 16.5. The van der Waals surface area contributed by atoms with Crippen molar-refractivity contribution >= 4 is 5.91 Å². The summed E-state index contributed by atoms with van der Waals surface area (Å²) < 4.78 is 5.62. The molecule has 1 amide bonds. The number of piperidine rings is 1. The van der Waals surface area contributed by atoms with Gasteiger partial charge < -0.3 is 15.4 Å². The van der Waals surface area contributed by atoms with E-state index in [1.165, 1.54) is 0 Å². The number of likely N-dealkylation sites (tertiary alicyclic amines) is 1. The lowest BCUT2D eigenvalue weighted by Gasteiger charge is -2.30. The normalized spacial score (nSPS) is 19.6. The first-order valence-electron chi connectivity index (χ1n) is 6.88. The summed E-state index contributed by atoms with van der Waals surface area (Å²) in [6.45, 7) is 5.38. The number of rotatable bonds is 3. The zero-order chi connectivity index (χ0) is 13.8. The molecular weight excluding hydrogens is 240 g/mol. The van der Waals surface area contributed by atoms with Crippen molar-refractivity contribution in [2.45, 2.75) is 38.8 Å². The first-order chi connectivity index (χ1) is 9.06. The number of hydrogen-bond acceptors (Lipinski definition) is 3. The van der Waals surface area contributed by atoms with E-state index in [0.29, 0.717) is 12.1 Å². The van der Waals surface area contributed by atoms with Crippen molar-refractivity contribution in [1.29, 1.82) is 0 Å². The molecule has 0 radical (unpaired) electrons. The van der Waals surface area contributed by atoms with E-state index >= 15 is 0 Å². The van der Waals surface area contributed by atoms with E-state index in [4.69, 9.17) is 10.5 Å². The van der Waals surface area contributed by atoms with Gasteiger partial charge in [0.2, 0.25) is 0 Å². The van der Waals surface area contributed by atoms with Crippen LogP contribution in [-0.4, -0.2) is 36.0 Å². The van der Waals surface area contributed by atoms with Crippen molar-refractivity contribution in [1.82, 2.24) is 4.90 Å². The van der Waals surface area contributed by atoms with Crippen LogP contribution in [0.1, 0.15) is 37.0 Å². The van der Waals surface area contributed by atoms with Gasteiger partial charge in [0.25, 0.3) is 5.91 Å². The van der Waals surface area contributed by atoms with Gasteiger partial charge >= 0.3 is 0 Å². The maximum Gasteiger partial charge on any atom is 0.254 e. The van der Waals surface area contributed by atoms with Crippen LogP contribution in [0.4, 0.5) is 0 Å². The average molecular weight is 262 g/mol. The second-order valence-corrected chi connectivity index (χ2v) is 5.35. The lowest BCUT2D eigenvalue weighted by molar-refractivity contribution is 0.0708. The Morgan fingerprint density at radius 1 is 1.47 bits per heavy atom. The van der Waals surface area contributed by atoms with E-state index in [1.807, 2.05) is 43.0 Å². The molecule has 104 valence electrons. The molecule has 1 aromatic rings. The highest BCUT2D eigenvalue weighted by molar-refractivity contribution is 5.94. The van der Waals surface area contributed by atoms with E-state index in [1.54, 1.807) is 0 Å². The van der Waals surface area contributed by atoms with Gasteiger partial charge in [0.1, 0.15) is 5.75 Å². The monoisotopic (exact) mass is 262 g/mol. The number of hydrogen-bond donors (Lipinski definition) is 1. The molecule has 0 unspecified atom stereocenters. The zero-order valence-electron chi connectivity index (χ0n) is 11.6. The average Bonchev–Trinajstić information content (AvgIpc) is 2.37. The first-order valence-corrected chi connectivity index (χ1v) is 6.88. The molecule has 1 aliphatic rings. The van der Waals surface area contributed by atoms with Crippen LogP contribution in [-0.2, 0) is 0 Å². The molecule has 0 aliphatic carbocycles. The third-order valence-electron chi connectivity index (χ3n) is 3.20. The van der Waals surface area contributed by atoms with E-state index < -0.39 is 0 Å². The molecule has 1 aromatic carbocycles. The summed E-state index contributed by atoms with van der Waals surface area (Å²) in [4.78, 5) is 14.2. The fourth-order valence-corrected chi connectivity index (χ4v) is 2.35. The molecule has 2 rings (SSSR count). The largest absolute Gasteiger partial charge is 0.491 e. The molecule has 1 heterocycles. The molecule has 1 saturated heterocycles. The number of nitrogens with zero attached hydrogens (tertiary/aromatic N) is 1. The number of carbonyl (C=O) groups excluding carboxylic acids is 1. The van der Waals surface area contributed by atoms with Crippen LogP contribution in [0.2, 0.25) is 0 Å². The third kappa shape index (κ3) is 3.70. The van der Waals surface area contributed by atoms with Gasteiger partial charge in [-0.3, -0.25) is 4.79 Å². The Morgan fingerprint density at radius 3 is 2.95 bits per heavy atom. The number of nitrogens with two attached hydrogens (primary N) is 1. The number of ether oxygens (including phenoxy) is 1. The van der Waals surface area contributed by atoms with Gasteiger partial charge in [-0.05, 0) is 44.9 Å². The lowest BCUT2D eigenvalue weighted by Crippen LogP contribution is -2.45. The summed E-state index contributed by atoms with van der Waals surface area (Å²) in [6, 6.07) is 7.47. The quantitative estimate of drug-likeness (QED) is 0.907. The summed E-state index contributed by atoms with van der Waals surface area (Å²) in [7, 11) is 0. The van der Waals surface area contributed by atoms with Gasteiger partial charge in [-0.25, -0.2) is 0 Å². The molecular formula is C15H22N2O2. The standard InChI is InChI=1S/C15H22N2O2/c1-11(2)19-14-7-3-5-12(9-14)15(18)17-8-4-6-13(16)10-17/h3,5,7,9,11,13H,4,6,8,10,16H2,1-2H3/t13-/m1/s1. The molecule has 1 atom stereocenters. The molecule has 19 heavy (non-hydrogen) atoms. The summed E-state index contributed by atoms with van der Waals surface area (Å²) in [5.41, 5.74) is 6.59. The number of carbonyl (C=O) groups is 1. The van der Waals surface area contributed by atoms with Crippen molar-refractivity contribution < 1.29 is 9.53 Å². The number of benzene rings is 1. The molecule has 1 aliphatic heterocycles. The molecule has 4 heteroatoms.